The van der Waals surface area contributed by atoms with Gasteiger partial charge in [0.05, 0.1) is 11.9 Å². The van der Waals surface area contributed by atoms with Gasteiger partial charge >= 0.3 is 0 Å². The minimum atomic E-state index is -3.15. The summed E-state index contributed by atoms with van der Waals surface area (Å²) >= 11 is 3.41. The average Bonchev–Trinajstić information content (AvgIpc) is 2.65. The zero-order chi connectivity index (χ0) is 12.2. The van der Waals surface area contributed by atoms with Crippen molar-refractivity contribution in [2.45, 2.75) is 37.1 Å². The first-order valence-corrected chi connectivity index (χ1v) is 8.14. The highest BCUT2D eigenvalue weighted by Crippen LogP contribution is 2.16. The Morgan fingerprint density at radius 2 is 2.25 bits per heavy atom. The van der Waals surface area contributed by atoms with Crippen LogP contribution in [0.2, 0.25) is 0 Å². The maximum atomic E-state index is 11.9. The first-order chi connectivity index (χ1) is 7.42. The molecule has 0 spiro atoms. The van der Waals surface area contributed by atoms with E-state index in [0.717, 1.165) is 19.3 Å². The molecule has 0 aliphatic carbocycles. The molecule has 0 bridgehead atoms. The van der Waals surface area contributed by atoms with Crippen molar-refractivity contribution in [1.82, 2.24) is 4.31 Å². The third kappa shape index (κ3) is 4.69. The fourth-order valence-electron chi connectivity index (χ4n) is 1.64. The van der Waals surface area contributed by atoms with Crippen molar-refractivity contribution in [2.24, 2.45) is 0 Å². The molecule has 4 nitrogen and oxygen atoms in total. The van der Waals surface area contributed by atoms with Crippen LogP contribution >= 0.6 is 15.9 Å². The van der Waals surface area contributed by atoms with E-state index in [9.17, 15) is 8.42 Å². The van der Waals surface area contributed by atoms with E-state index in [1.54, 1.807) is 7.05 Å². The van der Waals surface area contributed by atoms with Crippen molar-refractivity contribution in [3.63, 3.8) is 0 Å². The summed E-state index contributed by atoms with van der Waals surface area (Å²) in [6.07, 6.45) is 2.56. The van der Waals surface area contributed by atoms with E-state index in [-0.39, 0.29) is 11.9 Å². The largest absolute Gasteiger partial charge is 0.377 e. The smallest absolute Gasteiger partial charge is 0.216 e. The number of hydrogen-bond donors (Lipinski definition) is 0. The first-order valence-electron chi connectivity index (χ1n) is 5.61. The highest BCUT2D eigenvalue weighted by atomic mass is 79.9. The molecule has 1 heterocycles. The molecule has 1 aliphatic rings. The van der Waals surface area contributed by atoms with Crippen LogP contribution in [-0.4, -0.2) is 49.6 Å². The zero-order valence-corrected chi connectivity index (χ0v) is 12.3. The maximum absolute atomic E-state index is 11.9. The molecule has 1 aliphatic heterocycles. The van der Waals surface area contributed by atoms with Gasteiger partial charge in [0, 0.05) is 25.0 Å². The summed E-state index contributed by atoms with van der Waals surface area (Å²) in [6, 6.07) is 0. The van der Waals surface area contributed by atoms with Crippen LogP contribution in [0.5, 0.6) is 0 Å². The number of alkyl halides is 1. The molecule has 2 unspecified atom stereocenters. The summed E-state index contributed by atoms with van der Waals surface area (Å²) in [4.78, 5) is 0.341. The molecule has 0 aromatic rings. The number of halogens is 1. The van der Waals surface area contributed by atoms with E-state index >= 15 is 0 Å². The van der Waals surface area contributed by atoms with E-state index in [1.165, 1.54) is 4.31 Å². The normalized spacial score (nSPS) is 23.9. The highest BCUT2D eigenvalue weighted by molar-refractivity contribution is 9.09. The molecule has 1 rings (SSSR count). The van der Waals surface area contributed by atoms with Crippen molar-refractivity contribution in [3.8, 4) is 0 Å². The summed E-state index contributed by atoms with van der Waals surface area (Å²) in [5, 5.41) is 0. The molecule has 16 heavy (non-hydrogen) atoms. The van der Waals surface area contributed by atoms with Gasteiger partial charge in [-0.15, -0.1) is 0 Å². The third-order valence-electron chi connectivity index (χ3n) is 2.74. The van der Waals surface area contributed by atoms with E-state index in [2.05, 4.69) is 15.9 Å². The van der Waals surface area contributed by atoms with E-state index < -0.39 is 10.0 Å². The van der Waals surface area contributed by atoms with Gasteiger partial charge in [0.2, 0.25) is 10.0 Å². The topological polar surface area (TPSA) is 46.6 Å². The summed E-state index contributed by atoms with van der Waals surface area (Å²) in [5.41, 5.74) is 0. The summed E-state index contributed by atoms with van der Waals surface area (Å²) < 4.78 is 30.6. The molecular weight excluding hydrogens is 294 g/mol. The van der Waals surface area contributed by atoms with Crippen molar-refractivity contribution in [2.75, 3.05) is 26.0 Å². The lowest BCUT2D eigenvalue weighted by Crippen LogP contribution is -2.35. The zero-order valence-electron chi connectivity index (χ0n) is 9.86. The molecule has 0 amide bonds. The van der Waals surface area contributed by atoms with Crippen LogP contribution in [0.4, 0.5) is 0 Å². The van der Waals surface area contributed by atoms with Crippen LogP contribution in [0.1, 0.15) is 26.2 Å². The van der Waals surface area contributed by atoms with Gasteiger partial charge in [-0.3, -0.25) is 0 Å². The van der Waals surface area contributed by atoms with Crippen LogP contribution in [-0.2, 0) is 14.8 Å². The van der Waals surface area contributed by atoms with Crippen LogP contribution in [0, 0.1) is 0 Å². The lowest BCUT2D eigenvalue weighted by Gasteiger charge is -2.19. The monoisotopic (exact) mass is 313 g/mol. The third-order valence-corrected chi connectivity index (χ3v) is 5.12. The molecule has 1 fully saturated rings. The quantitative estimate of drug-likeness (QED) is 0.700. The summed E-state index contributed by atoms with van der Waals surface area (Å²) in [7, 11) is -1.51. The molecule has 0 saturated carbocycles. The van der Waals surface area contributed by atoms with Gasteiger partial charge in [0.1, 0.15) is 0 Å². The van der Waals surface area contributed by atoms with Gasteiger partial charge in [-0.25, -0.2) is 12.7 Å². The van der Waals surface area contributed by atoms with Crippen molar-refractivity contribution in [1.29, 1.82) is 0 Å². The van der Waals surface area contributed by atoms with Crippen molar-refractivity contribution >= 4 is 26.0 Å². The Bertz CT molecular complexity index is 299. The molecule has 2 atom stereocenters. The maximum Gasteiger partial charge on any atom is 0.216 e. The van der Waals surface area contributed by atoms with E-state index in [0.29, 0.717) is 18.0 Å². The van der Waals surface area contributed by atoms with Gasteiger partial charge < -0.3 is 4.74 Å². The van der Waals surface area contributed by atoms with Gasteiger partial charge in [-0.05, 0) is 19.3 Å². The number of nitrogens with zero attached hydrogens (tertiary/aromatic N) is 1. The van der Waals surface area contributed by atoms with Gasteiger partial charge in [-0.2, -0.15) is 0 Å². The lowest BCUT2D eigenvalue weighted by atomic mass is 10.3. The summed E-state index contributed by atoms with van der Waals surface area (Å²) in [6.45, 7) is 3.27. The Kier molecular flexibility index (Phi) is 5.70. The number of sulfonamides is 1. The van der Waals surface area contributed by atoms with E-state index in [4.69, 9.17) is 4.74 Å². The standard InChI is InChI=1S/C10H20BrNO3S/c1-9(11)5-6-12(2)16(13,14)8-10-4-3-7-15-10/h9-10H,3-8H2,1-2H3. The lowest BCUT2D eigenvalue weighted by molar-refractivity contribution is 0.126. The molecular formula is C10H20BrNO3S. The highest BCUT2D eigenvalue weighted by Gasteiger charge is 2.26. The molecule has 96 valence electrons. The van der Waals surface area contributed by atoms with Crippen LogP contribution < -0.4 is 0 Å². The Morgan fingerprint density at radius 3 is 2.75 bits per heavy atom. The molecule has 0 radical (unpaired) electrons. The van der Waals surface area contributed by atoms with Gasteiger partial charge in [0.15, 0.2) is 0 Å². The molecule has 0 aromatic carbocycles. The predicted octanol–water partition coefficient (Wildman–Crippen LogP) is 1.60. The number of rotatable bonds is 6. The fraction of sp³-hybridized carbons (Fsp3) is 1.00. The van der Waals surface area contributed by atoms with Crippen LogP contribution in [0.25, 0.3) is 0 Å². The van der Waals surface area contributed by atoms with Gasteiger partial charge in [-0.1, -0.05) is 22.9 Å². The van der Waals surface area contributed by atoms with Crippen molar-refractivity contribution in [3.05, 3.63) is 0 Å². The Morgan fingerprint density at radius 1 is 1.56 bits per heavy atom. The Balaban J connectivity index is 2.42. The second-order valence-electron chi connectivity index (χ2n) is 4.30. The molecule has 0 aromatic heterocycles. The van der Waals surface area contributed by atoms with Crippen molar-refractivity contribution < 1.29 is 13.2 Å². The Hall–Kier alpha value is 0.350. The first kappa shape index (κ1) is 14.4. The van der Waals surface area contributed by atoms with Gasteiger partial charge in [0.25, 0.3) is 0 Å². The second-order valence-corrected chi connectivity index (χ2v) is 7.99. The summed E-state index contributed by atoms with van der Waals surface area (Å²) in [5.74, 6) is 0.125. The second kappa shape index (κ2) is 6.33. The average molecular weight is 314 g/mol. The van der Waals surface area contributed by atoms with Crippen LogP contribution in [0.15, 0.2) is 0 Å². The number of hydrogen-bond acceptors (Lipinski definition) is 3. The van der Waals surface area contributed by atoms with Crippen LogP contribution in [0.3, 0.4) is 0 Å². The van der Waals surface area contributed by atoms with E-state index in [1.807, 2.05) is 6.92 Å². The number of ether oxygens (including phenoxy) is 1. The predicted molar refractivity (Wildman–Crippen MR) is 68.4 cm³/mol. The minimum absolute atomic E-state index is 0.103. The fourth-order valence-corrected chi connectivity index (χ4v) is 3.21. The molecule has 1 saturated heterocycles. The SMILES string of the molecule is CC(Br)CCN(C)S(=O)(=O)CC1CCCO1. The minimum Gasteiger partial charge on any atom is -0.377 e. The molecule has 0 N–H and O–H groups in total. The Labute approximate surface area is 107 Å². The molecule has 6 heteroatoms.